The summed E-state index contributed by atoms with van der Waals surface area (Å²) in [7, 11) is 0. The van der Waals surface area contributed by atoms with E-state index in [0.29, 0.717) is 19.6 Å². The zero-order chi connectivity index (χ0) is 12.3. The summed E-state index contributed by atoms with van der Waals surface area (Å²) >= 11 is 0. The first-order valence-electron chi connectivity index (χ1n) is 5.90. The molecule has 1 amide bonds. The van der Waals surface area contributed by atoms with E-state index in [-0.39, 0.29) is 12.2 Å². The number of amides is 1. The molecule has 17 heavy (non-hydrogen) atoms. The third-order valence-electron chi connectivity index (χ3n) is 3.00. The van der Waals surface area contributed by atoms with Crippen LogP contribution in [-0.2, 0) is 11.3 Å². The van der Waals surface area contributed by atoms with E-state index in [0.717, 1.165) is 12.0 Å². The monoisotopic (exact) mass is 234 g/mol. The van der Waals surface area contributed by atoms with Gasteiger partial charge >= 0.3 is 6.09 Å². The number of hydrogen-bond acceptors (Lipinski definition) is 3. The minimum atomic E-state index is -0.257. The van der Waals surface area contributed by atoms with Gasteiger partial charge in [-0.3, -0.25) is 0 Å². The molecule has 1 aromatic rings. The van der Waals surface area contributed by atoms with Gasteiger partial charge in [-0.1, -0.05) is 29.8 Å². The predicted molar refractivity (Wildman–Crippen MR) is 65.5 cm³/mol. The Balaban J connectivity index is 1.96. The highest BCUT2D eigenvalue weighted by molar-refractivity contribution is 5.68. The van der Waals surface area contributed by atoms with Gasteiger partial charge in [-0.05, 0) is 12.5 Å². The number of rotatable bonds is 3. The Morgan fingerprint density at radius 3 is 2.71 bits per heavy atom. The molecule has 1 atom stereocenters. The van der Waals surface area contributed by atoms with Gasteiger partial charge in [0.25, 0.3) is 0 Å². The lowest BCUT2D eigenvalue weighted by atomic mass is 10.1. The number of cyclic esters (lactones) is 1. The van der Waals surface area contributed by atoms with Gasteiger partial charge in [-0.15, -0.1) is 0 Å². The van der Waals surface area contributed by atoms with Crippen molar-refractivity contribution in [3.63, 3.8) is 0 Å². The van der Waals surface area contributed by atoms with Crippen molar-refractivity contribution >= 4 is 6.09 Å². The lowest BCUT2D eigenvalue weighted by Gasteiger charge is -2.31. The van der Waals surface area contributed by atoms with Crippen LogP contribution in [0.4, 0.5) is 4.79 Å². The molecule has 0 aromatic heterocycles. The Morgan fingerprint density at radius 2 is 2.12 bits per heavy atom. The van der Waals surface area contributed by atoms with Crippen molar-refractivity contribution in [3.05, 3.63) is 35.4 Å². The Hall–Kier alpha value is -1.55. The average molecular weight is 234 g/mol. The predicted octanol–water partition coefficient (Wildman–Crippen LogP) is 1.66. The van der Waals surface area contributed by atoms with Crippen LogP contribution in [0.2, 0.25) is 0 Å². The lowest BCUT2D eigenvalue weighted by molar-refractivity contribution is 0.0265. The second-order valence-electron chi connectivity index (χ2n) is 4.44. The summed E-state index contributed by atoms with van der Waals surface area (Å²) in [5.74, 6) is 0. The molecule has 1 aliphatic heterocycles. The van der Waals surface area contributed by atoms with Gasteiger partial charge in [0.15, 0.2) is 0 Å². The largest absolute Gasteiger partial charge is 0.445 e. The topological polar surface area (TPSA) is 55.6 Å². The summed E-state index contributed by atoms with van der Waals surface area (Å²) in [5, 5.41) is 0. The maximum absolute atomic E-state index is 11.7. The van der Waals surface area contributed by atoms with E-state index in [2.05, 4.69) is 0 Å². The number of ether oxygens (including phenoxy) is 1. The molecular formula is C13H18N2O2. The molecule has 0 bridgehead atoms. The van der Waals surface area contributed by atoms with Crippen molar-refractivity contribution in [1.29, 1.82) is 0 Å². The summed E-state index contributed by atoms with van der Waals surface area (Å²) in [6.45, 7) is 3.78. The fourth-order valence-electron chi connectivity index (χ4n) is 1.89. The molecular weight excluding hydrogens is 216 g/mol. The van der Waals surface area contributed by atoms with Crippen LogP contribution in [-0.4, -0.2) is 30.2 Å². The van der Waals surface area contributed by atoms with E-state index in [9.17, 15) is 4.79 Å². The third-order valence-corrected chi connectivity index (χ3v) is 3.00. The van der Waals surface area contributed by atoms with Crippen molar-refractivity contribution in [2.24, 2.45) is 5.73 Å². The van der Waals surface area contributed by atoms with Crippen LogP contribution >= 0.6 is 0 Å². The van der Waals surface area contributed by atoms with Crippen molar-refractivity contribution in [3.8, 4) is 0 Å². The van der Waals surface area contributed by atoms with Crippen LogP contribution in [0.5, 0.6) is 0 Å². The van der Waals surface area contributed by atoms with Crippen molar-refractivity contribution < 1.29 is 9.53 Å². The zero-order valence-corrected chi connectivity index (χ0v) is 10.1. The van der Waals surface area contributed by atoms with Crippen molar-refractivity contribution in [2.75, 3.05) is 13.1 Å². The number of hydrogen-bond donors (Lipinski definition) is 1. The summed E-state index contributed by atoms with van der Waals surface area (Å²) in [6.07, 6.45) is 0.442. The molecule has 0 radical (unpaired) electrons. The average Bonchev–Trinajstić information content (AvgIpc) is 2.34. The number of benzene rings is 1. The minimum absolute atomic E-state index is 0.114. The normalized spacial score (nSPS) is 20.2. The van der Waals surface area contributed by atoms with Gasteiger partial charge in [0, 0.05) is 26.1 Å². The maximum atomic E-state index is 11.7. The summed E-state index contributed by atoms with van der Waals surface area (Å²) in [4.78, 5) is 13.4. The van der Waals surface area contributed by atoms with Crippen molar-refractivity contribution in [1.82, 2.24) is 4.90 Å². The molecule has 2 N–H and O–H groups in total. The smallest absolute Gasteiger partial charge is 0.410 e. The SMILES string of the molecule is Cc1ccc(CN2CCC(CN)OC2=O)cc1. The van der Waals surface area contributed by atoms with Gasteiger partial charge in [0.2, 0.25) is 0 Å². The fourth-order valence-corrected chi connectivity index (χ4v) is 1.89. The van der Waals surface area contributed by atoms with Crippen LogP contribution < -0.4 is 5.73 Å². The molecule has 1 unspecified atom stereocenters. The number of carbonyl (C=O) groups is 1. The van der Waals surface area contributed by atoms with E-state index >= 15 is 0 Å². The Morgan fingerprint density at radius 1 is 1.41 bits per heavy atom. The third kappa shape index (κ3) is 2.97. The van der Waals surface area contributed by atoms with Gasteiger partial charge in [0.05, 0.1) is 0 Å². The first kappa shape index (κ1) is 11.9. The van der Waals surface area contributed by atoms with Crippen LogP contribution in [0.15, 0.2) is 24.3 Å². The standard InChI is InChI=1S/C13H18N2O2/c1-10-2-4-11(5-3-10)9-15-7-6-12(8-14)17-13(15)16/h2-5,12H,6-9,14H2,1H3. The van der Waals surface area contributed by atoms with Gasteiger partial charge < -0.3 is 15.4 Å². The molecule has 1 saturated heterocycles. The fraction of sp³-hybridized carbons (Fsp3) is 0.462. The van der Waals surface area contributed by atoms with E-state index in [4.69, 9.17) is 10.5 Å². The molecule has 4 nitrogen and oxygen atoms in total. The first-order valence-corrected chi connectivity index (χ1v) is 5.90. The molecule has 4 heteroatoms. The second-order valence-corrected chi connectivity index (χ2v) is 4.44. The van der Waals surface area contributed by atoms with Crippen LogP contribution in [0.25, 0.3) is 0 Å². The number of aryl methyl sites for hydroxylation is 1. The van der Waals surface area contributed by atoms with E-state index in [1.165, 1.54) is 5.56 Å². The maximum Gasteiger partial charge on any atom is 0.410 e. The molecule has 1 heterocycles. The molecule has 1 aromatic carbocycles. The van der Waals surface area contributed by atoms with Crippen LogP contribution in [0.1, 0.15) is 17.5 Å². The highest BCUT2D eigenvalue weighted by Gasteiger charge is 2.25. The van der Waals surface area contributed by atoms with Gasteiger partial charge in [-0.2, -0.15) is 0 Å². The van der Waals surface area contributed by atoms with Gasteiger partial charge in [0.1, 0.15) is 6.10 Å². The molecule has 0 aliphatic carbocycles. The van der Waals surface area contributed by atoms with E-state index < -0.39 is 0 Å². The quantitative estimate of drug-likeness (QED) is 0.865. The van der Waals surface area contributed by atoms with Crippen LogP contribution in [0.3, 0.4) is 0 Å². The van der Waals surface area contributed by atoms with Crippen molar-refractivity contribution in [2.45, 2.75) is 26.0 Å². The van der Waals surface area contributed by atoms with E-state index in [1.807, 2.05) is 31.2 Å². The second kappa shape index (κ2) is 5.19. The summed E-state index contributed by atoms with van der Waals surface area (Å²) in [5.41, 5.74) is 7.83. The minimum Gasteiger partial charge on any atom is -0.445 e. The summed E-state index contributed by atoms with van der Waals surface area (Å²) in [6, 6.07) is 8.18. The number of nitrogens with zero attached hydrogens (tertiary/aromatic N) is 1. The molecule has 2 rings (SSSR count). The van der Waals surface area contributed by atoms with Crippen LogP contribution in [0, 0.1) is 6.92 Å². The highest BCUT2D eigenvalue weighted by atomic mass is 16.6. The highest BCUT2D eigenvalue weighted by Crippen LogP contribution is 2.15. The number of nitrogens with two attached hydrogens (primary N) is 1. The molecule has 1 aliphatic rings. The van der Waals surface area contributed by atoms with Gasteiger partial charge in [-0.25, -0.2) is 4.79 Å². The Bertz CT molecular complexity index is 389. The molecule has 0 spiro atoms. The Labute approximate surface area is 101 Å². The zero-order valence-electron chi connectivity index (χ0n) is 10.1. The number of carbonyl (C=O) groups excluding carboxylic acids is 1. The Kier molecular flexibility index (Phi) is 3.64. The molecule has 0 saturated carbocycles. The summed E-state index contributed by atoms with van der Waals surface area (Å²) < 4.78 is 5.21. The molecule has 1 fully saturated rings. The first-order chi connectivity index (χ1) is 8.19. The van der Waals surface area contributed by atoms with E-state index in [1.54, 1.807) is 4.90 Å². The molecule has 92 valence electrons. The lowest BCUT2D eigenvalue weighted by Crippen LogP contribution is -2.43.